The van der Waals surface area contributed by atoms with Gasteiger partial charge >= 0.3 is 0 Å². The van der Waals surface area contributed by atoms with Gasteiger partial charge in [0.05, 0.1) is 11.4 Å². The predicted molar refractivity (Wildman–Crippen MR) is 72.6 cm³/mol. The molecule has 92 valence electrons. The minimum absolute atomic E-state index is 0.535. The van der Waals surface area contributed by atoms with Crippen LogP contribution < -0.4 is 0 Å². The average molecular weight is 268 g/mol. The van der Waals surface area contributed by atoms with Crippen LogP contribution in [-0.4, -0.2) is 12.2 Å². The molecule has 0 bridgehead atoms. The Balaban J connectivity index is 2.41. The molecule has 2 aromatic carbocycles. The molecule has 2 aromatic rings. The predicted octanol–water partition coefficient (Wildman–Crippen LogP) is 3.77. The number of hydrogen-bond donors (Lipinski definition) is 0. The van der Waals surface area contributed by atoms with E-state index in [9.17, 15) is 9.59 Å². The van der Waals surface area contributed by atoms with Gasteiger partial charge in [0.25, 0.3) is 0 Å². The zero-order valence-corrected chi connectivity index (χ0v) is 10.6. The summed E-state index contributed by atoms with van der Waals surface area (Å²) in [6.45, 7) is 0. The first kappa shape index (κ1) is 13.0. The van der Waals surface area contributed by atoms with E-state index in [4.69, 9.17) is 0 Å². The van der Waals surface area contributed by atoms with Gasteiger partial charge in [0.15, 0.2) is 0 Å². The van der Waals surface area contributed by atoms with E-state index in [1.54, 1.807) is 24.3 Å². The summed E-state index contributed by atoms with van der Waals surface area (Å²) in [5.41, 5.74) is 1.07. The van der Waals surface area contributed by atoms with Crippen molar-refractivity contribution in [2.45, 2.75) is 9.79 Å². The monoisotopic (exact) mass is 268 g/mol. The topological polar surface area (TPSA) is 58.9 Å². The van der Waals surface area contributed by atoms with Gasteiger partial charge in [-0.3, -0.25) is 0 Å². The standard InChI is InChI=1S/C14H8N2O2S/c17-9-15-11-5-1-3-7-13(11)19-14-8-4-2-6-12(14)16-10-18/h1-8H. The Hall–Kier alpha value is -2.45. The number of benzene rings is 2. The second-order valence-corrected chi connectivity index (χ2v) is 4.53. The van der Waals surface area contributed by atoms with Gasteiger partial charge < -0.3 is 0 Å². The third-order valence-electron chi connectivity index (χ3n) is 2.28. The maximum Gasteiger partial charge on any atom is 0.240 e. The van der Waals surface area contributed by atoms with Crippen LogP contribution in [0.2, 0.25) is 0 Å². The van der Waals surface area contributed by atoms with E-state index >= 15 is 0 Å². The van der Waals surface area contributed by atoms with Gasteiger partial charge in [-0.15, -0.1) is 0 Å². The van der Waals surface area contributed by atoms with Crippen LogP contribution >= 0.6 is 11.8 Å². The Morgan fingerprint density at radius 2 is 1.16 bits per heavy atom. The molecule has 0 unspecified atom stereocenters. The van der Waals surface area contributed by atoms with Crippen LogP contribution in [0.5, 0.6) is 0 Å². The summed E-state index contributed by atoms with van der Waals surface area (Å²) in [5.74, 6) is 0. The van der Waals surface area contributed by atoms with Gasteiger partial charge in [-0.05, 0) is 24.3 Å². The van der Waals surface area contributed by atoms with Crippen molar-refractivity contribution in [2.75, 3.05) is 0 Å². The lowest BCUT2D eigenvalue weighted by Gasteiger charge is -2.05. The number of aliphatic imine (C=N–C) groups is 2. The zero-order chi connectivity index (χ0) is 13.5. The summed E-state index contributed by atoms with van der Waals surface area (Å²) in [6.07, 6.45) is 3.05. The van der Waals surface area contributed by atoms with Crippen LogP contribution in [0.25, 0.3) is 0 Å². The van der Waals surface area contributed by atoms with E-state index in [0.717, 1.165) is 9.79 Å². The molecule has 0 heterocycles. The van der Waals surface area contributed by atoms with Crippen LogP contribution in [0.3, 0.4) is 0 Å². The highest BCUT2D eigenvalue weighted by molar-refractivity contribution is 7.99. The molecule has 0 aromatic heterocycles. The van der Waals surface area contributed by atoms with Gasteiger partial charge in [0.2, 0.25) is 12.2 Å². The second-order valence-electron chi connectivity index (χ2n) is 3.44. The summed E-state index contributed by atoms with van der Waals surface area (Å²) in [5, 5.41) is 0. The van der Waals surface area contributed by atoms with Crippen molar-refractivity contribution in [3.8, 4) is 0 Å². The Labute approximate surface area is 113 Å². The van der Waals surface area contributed by atoms with Crippen LogP contribution in [0.4, 0.5) is 11.4 Å². The van der Waals surface area contributed by atoms with E-state index < -0.39 is 0 Å². The molecular formula is C14H8N2O2S. The molecule has 0 aliphatic heterocycles. The third kappa shape index (κ3) is 3.27. The molecule has 4 nitrogen and oxygen atoms in total. The molecule has 19 heavy (non-hydrogen) atoms. The maximum atomic E-state index is 10.4. The van der Waals surface area contributed by atoms with E-state index in [1.807, 2.05) is 24.3 Å². The zero-order valence-electron chi connectivity index (χ0n) is 9.74. The van der Waals surface area contributed by atoms with Crippen molar-refractivity contribution in [1.29, 1.82) is 0 Å². The van der Waals surface area contributed by atoms with E-state index in [0.29, 0.717) is 11.4 Å². The number of carbonyl (C=O) groups excluding carboxylic acids is 2. The molecule has 5 heteroatoms. The van der Waals surface area contributed by atoms with Gasteiger partial charge in [0.1, 0.15) is 0 Å². The molecule has 0 saturated carbocycles. The maximum absolute atomic E-state index is 10.4. The van der Waals surface area contributed by atoms with E-state index in [2.05, 4.69) is 9.98 Å². The first-order valence-corrected chi connectivity index (χ1v) is 6.18. The number of nitrogens with zero attached hydrogens (tertiary/aromatic N) is 2. The number of para-hydroxylation sites is 2. The lowest BCUT2D eigenvalue weighted by Crippen LogP contribution is -1.76. The number of hydrogen-bond acceptors (Lipinski definition) is 5. The minimum Gasteiger partial charge on any atom is -0.211 e. The van der Waals surface area contributed by atoms with Crippen LogP contribution in [-0.2, 0) is 9.59 Å². The number of rotatable bonds is 4. The van der Waals surface area contributed by atoms with Crippen molar-refractivity contribution >= 4 is 35.3 Å². The number of isocyanates is 2. The van der Waals surface area contributed by atoms with Crippen LogP contribution in [0, 0.1) is 0 Å². The smallest absolute Gasteiger partial charge is 0.211 e. The fourth-order valence-corrected chi connectivity index (χ4v) is 2.46. The molecule has 0 fully saturated rings. The van der Waals surface area contributed by atoms with Crippen molar-refractivity contribution in [1.82, 2.24) is 0 Å². The molecule has 0 saturated heterocycles. The highest BCUT2D eigenvalue weighted by atomic mass is 32.2. The lowest BCUT2D eigenvalue weighted by molar-refractivity contribution is 0.564. The summed E-state index contributed by atoms with van der Waals surface area (Å²) >= 11 is 1.38. The quantitative estimate of drug-likeness (QED) is 0.626. The minimum atomic E-state index is 0.535. The molecule has 0 spiro atoms. The Bertz CT molecular complexity index is 628. The van der Waals surface area contributed by atoms with Gasteiger partial charge in [-0.2, -0.15) is 9.98 Å². The Morgan fingerprint density at radius 3 is 1.58 bits per heavy atom. The average Bonchev–Trinajstić information content (AvgIpc) is 2.44. The molecule has 0 amide bonds. The van der Waals surface area contributed by atoms with Crippen molar-refractivity contribution in [2.24, 2.45) is 9.98 Å². The van der Waals surface area contributed by atoms with Crippen molar-refractivity contribution in [3.05, 3.63) is 48.5 Å². The molecule has 0 aliphatic rings. The summed E-state index contributed by atoms with van der Waals surface area (Å²) in [4.78, 5) is 29.6. The van der Waals surface area contributed by atoms with Crippen molar-refractivity contribution in [3.63, 3.8) is 0 Å². The highest BCUT2D eigenvalue weighted by Crippen LogP contribution is 2.39. The van der Waals surface area contributed by atoms with Gasteiger partial charge in [-0.25, -0.2) is 9.59 Å². The van der Waals surface area contributed by atoms with E-state index in [-0.39, 0.29) is 0 Å². The molecular weight excluding hydrogens is 260 g/mol. The fourth-order valence-electron chi connectivity index (χ4n) is 1.49. The molecule has 0 aliphatic carbocycles. The largest absolute Gasteiger partial charge is 0.240 e. The summed E-state index contributed by atoms with van der Waals surface area (Å²) < 4.78 is 0. The van der Waals surface area contributed by atoms with E-state index in [1.165, 1.54) is 23.9 Å². The van der Waals surface area contributed by atoms with Crippen molar-refractivity contribution < 1.29 is 9.59 Å². The first-order valence-electron chi connectivity index (χ1n) is 5.37. The Kier molecular flexibility index (Phi) is 4.43. The second kappa shape index (κ2) is 6.47. The fraction of sp³-hybridized carbons (Fsp3) is 0. The van der Waals surface area contributed by atoms with Crippen LogP contribution in [0.15, 0.2) is 68.3 Å². The highest BCUT2D eigenvalue weighted by Gasteiger charge is 2.06. The molecule has 0 N–H and O–H groups in total. The summed E-state index contributed by atoms with van der Waals surface area (Å²) in [6, 6.07) is 14.4. The van der Waals surface area contributed by atoms with Crippen LogP contribution in [0.1, 0.15) is 0 Å². The van der Waals surface area contributed by atoms with Gasteiger partial charge in [-0.1, -0.05) is 36.0 Å². The lowest BCUT2D eigenvalue weighted by atomic mass is 10.3. The molecule has 0 atom stereocenters. The Morgan fingerprint density at radius 1 is 0.737 bits per heavy atom. The molecule has 0 radical (unpaired) electrons. The third-order valence-corrected chi connectivity index (χ3v) is 3.41. The van der Waals surface area contributed by atoms with Gasteiger partial charge in [0, 0.05) is 9.79 Å². The summed E-state index contributed by atoms with van der Waals surface area (Å²) in [7, 11) is 0. The first-order chi connectivity index (χ1) is 9.35. The molecule has 2 rings (SSSR count). The SMILES string of the molecule is O=C=Nc1ccccc1Sc1ccccc1N=C=O. The normalized spacial score (nSPS) is 9.26.